The van der Waals surface area contributed by atoms with Crippen LogP contribution in [0.2, 0.25) is 0 Å². The number of likely N-dealkylation sites (tertiary alicyclic amines) is 1. The predicted molar refractivity (Wildman–Crippen MR) is 133 cm³/mol. The fraction of sp³-hybridized carbons (Fsp3) is 0.296. The van der Waals surface area contributed by atoms with Crippen LogP contribution in [0.15, 0.2) is 79.1 Å². The van der Waals surface area contributed by atoms with Crippen LogP contribution in [0.1, 0.15) is 32.3 Å². The maximum absolute atomic E-state index is 12.8. The quantitative estimate of drug-likeness (QED) is 0.456. The highest BCUT2D eigenvalue weighted by Crippen LogP contribution is 2.31. The molecule has 1 fully saturated rings. The number of ether oxygens (including phenoxy) is 1. The number of fused-ring (bicyclic) bond motifs is 1. The first-order valence-electron chi connectivity index (χ1n) is 11.6. The predicted octanol–water partition coefficient (Wildman–Crippen LogP) is 5.24. The number of aromatic nitrogens is 3. The molecule has 7 heteroatoms. The van der Waals surface area contributed by atoms with E-state index in [2.05, 4.69) is 22.4 Å². The lowest BCUT2D eigenvalue weighted by Crippen LogP contribution is -2.36. The monoisotopic (exact) mass is 455 g/mol. The topological polar surface area (TPSA) is 72.3 Å². The Kier molecular flexibility index (Phi) is 5.69. The van der Waals surface area contributed by atoms with Crippen LogP contribution in [0.25, 0.3) is 16.9 Å². The van der Waals surface area contributed by atoms with Crippen molar-refractivity contribution in [3.05, 3.63) is 84.7 Å². The van der Waals surface area contributed by atoms with Gasteiger partial charge in [-0.3, -0.25) is 4.57 Å². The van der Waals surface area contributed by atoms with Gasteiger partial charge in [0.1, 0.15) is 23.6 Å². The van der Waals surface area contributed by atoms with Gasteiger partial charge in [0.05, 0.1) is 17.1 Å². The Morgan fingerprint density at radius 3 is 2.53 bits per heavy atom. The molecule has 1 aliphatic heterocycles. The number of carbonyl (C=O) groups excluding carboxylic acids is 1. The summed E-state index contributed by atoms with van der Waals surface area (Å²) in [5.41, 5.74) is 2.58. The van der Waals surface area contributed by atoms with Gasteiger partial charge in [-0.25, -0.2) is 14.8 Å². The molecular formula is C27H29N5O2. The lowest BCUT2D eigenvalue weighted by Gasteiger charge is -2.24. The Morgan fingerprint density at radius 2 is 1.74 bits per heavy atom. The molecule has 3 heterocycles. The summed E-state index contributed by atoms with van der Waals surface area (Å²) in [6, 6.07) is 24.2. The van der Waals surface area contributed by atoms with Crippen molar-refractivity contribution in [3.63, 3.8) is 0 Å². The normalized spacial score (nSPS) is 18.3. The number of carbonyl (C=O) groups is 1. The number of amides is 1. The molecule has 1 saturated heterocycles. The molecule has 1 amide bonds. The number of para-hydroxylation sites is 2. The summed E-state index contributed by atoms with van der Waals surface area (Å²) in [7, 11) is 0. The van der Waals surface area contributed by atoms with Crippen molar-refractivity contribution in [1.82, 2.24) is 19.4 Å². The molecule has 1 N–H and O–H groups in total. The van der Waals surface area contributed by atoms with E-state index in [1.54, 1.807) is 11.2 Å². The minimum absolute atomic E-state index is 0.00259. The van der Waals surface area contributed by atoms with Crippen LogP contribution < -0.4 is 5.32 Å². The second-order valence-electron chi connectivity index (χ2n) is 9.64. The molecule has 4 aromatic rings. The number of hydrogen-bond donors (Lipinski definition) is 1. The fourth-order valence-electron chi connectivity index (χ4n) is 4.43. The molecule has 0 unspecified atom stereocenters. The molecule has 1 aliphatic rings. The maximum Gasteiger partial charge on any atom is 0.410 e. The van der Waals surface area contributed by atoms with E-state index >= 15 is 0 Å². The molecule has 7 nitrogen and oxygen atoms in total. The van der Waals surface area contributed by atoms with Gasteiger partial charge in [-0.15, -0.1) is 0 Å². The van der Waals surface area contributed by atoms with Gasteiger partial charge in [0.25, 0.3) is 0 Å². The number of imidazole rings is 1. The van der Waals surface area contributed by atoms with Gasteiger partial charge in [-0.1, -0.05) is 48.5 Å². The number of nitrogens with zero attached hydrogens (tertiary/aromatic N) is 4. The Bertz CT molecular complexity index is 1300. The molecule has 0 aliphatic carbocycles. The summed E-state index contributed by atoms with van der Waals surface area (Å²) in [6.07, 6.45) is 1.51. The van der Waals surface area contributed by atoms with Crippen molar-refractivity contribution in [2.75, 3.05) is 18.4 Å². The van der Waals surface area contributed by atoms with Crippen molar-refractivity contribution < 1.29 is 9.53 Å². The molecule has 34 heavy (non-hydrogen) atoms. The first kappa shape index (κ1) is 21.9. The van der Waals surface area contributed by atoms with Gasteiger partial charge in [0, 0.05) is 19.0 Å². The highest BCUT2D eigenvalue weighted by molar-refractivity contribution is 5.76. The van der Waals surface area contributed by atoms with Gasteiger partial charge in [0.2, 0.25) is 0 Å². The number of pyridine rings is 1. The number of anilines is 1. The van der Waals surface area contributed by atoms with E-state index in [0.29, 0.717) is 13.1 Å². The lowest BCUT2D eigenvalue weighted by molar-refractivity contribution is 0.0291. The minimum Gasteiger partial charge on any atom is -0.444 e. The van der Waals surface area contributed by atoms with Crippen LogP contribution in [0.5, 0.6) is 0 Å². The summed E-state index contributed by atoms with van der Waals surface area (Å²) in [5.74, 6) is 1.66. The van der Waals surface area contributed by atoms with Crippen LogP contribution in [-0.4, -0.2) is 50.3 Å². The van der Waals surface area contributed by atoms with Crippen LogP contribution in [0, 0.1) is 0 Å². The largest absolute Gasteiger partial charge is 0.444 e. The zero-order chi connectivity index (χ0) is 23.7. The average molecular weight is 456 g/mol. The van der Waals surface area contributed by atoms with Crippen molar-refractivity contribution in [2.24, 2.45) is 0 Å². The Balaban J connectivity index is 1.41. The SMILES string of the molecule is CC(C)(C)OC(=O)N1C[C@@H](Nc2cccc(-n3cnc4ccccc43)n2)[C@H](c2ccccc2)C1. The molecular weight excluding hydrogens is 426 g/mol. The molecule has 2 aromatic heterocycles. The molecule has 0 radical (unpaired) electrons. The Hall–Kier alpha value is -3.87. The number of nitrogens with one attached hydrogen (secondary N) is 1. The molecule has 174 valence electrons. The lowest BCUT2D eigenvalue weighted by atomic mass is 9.94. The van der Waals surface area contributed by atoms with Crippen molar-refractivity contribution in [1.29, 1.82) is 0 Å². The first-order chi connectivity index (χ1) is 16.4. The van der Waals surface area contributed by atoms with Crippen LogP contribution in [-0.2, 0) is 4.74 Å². The van der Waals surface area contributed by atoms with Gasteiger partial charge in [0.15, 0.2) is 0 Å². The molecule has 0 saturated carbocycles. The van der Waals surface area contributed by atoms with Gasteiger partial charge >= 0.3 is 6.09 Å². The van der Waals surface area contributed by atoms with E-state index in [-0.39, 0.29) is 18.1 Å². The van der Waals surface area contributed by atoms with Crippen molar-refractivity contribution in [3.8, 4) is 5.82 Å². The molecule has 2 aromatic carbocycles. The fourth-order valence-corrected chi connectivity index (χ4v) is 4.43. The highest BCUT2D eigenvalue weighted by Gasteiger charge is 2.38. The Labute approximate surface area is 199 Å². The smallest absolute Gasteiger partial charge is 0.410 e. The number of hydrogen-bond acceptors (Lipinski definition) is 5. The van der Waals surface area contributed by atoms with Crippen LogP contribution in [0.4, 0.5) is 10.6 Å². The third-order valence-corrected chi connectivity index (χ3v) is 5.97. The standard InChI is InChI=1S/C27H29N5O2/c1-27(2,3)34-26(33)31-16-20(19-10-5-4-6-11-19)22(17-31)29-24-14-9-15-25(30-24)32-18-28-21-12-7-8-13-23(21)32/h4-15,18,20,22H,16-17H2,1-3H3,(H,29,30)/t20-,22+/m0/s1. The van der Waals surface area contributed by atoms with Crippen molar-refractivity contribution >= 4 is 22.9 Å². The summed E-state index contributed by atoms with van der Waals surface area (Å²) in [4.78, 5) is 24.0. The van der Waals surface area contributed by atoms with Crippen molar-refractivity contribution in [2.45, 2.75) is 38.3 Å². The van der Waals surface area contributed by atoms with E-state index in [1.807, 2.05) is 86.0 Å². The van der Waals surface area contributed by atoms with E-state index < -0.39 is 5.60 Å². The first-order valence-corrected chi connectivity index (χ1v) is 11.6. The third kappa shape index (κ3) is 4.59. The zero-order valence-electron chi connectivity index (χ0n) is 19.7. The molecule has 2 atom stereocenters. The second kappa shape index (κ2) is 8.82. The van der Waals surface area contributed by atoms with E-state index in [0.717, 1.165) is 22.7 Å². The second-order valence-corrected chi connectivity index (χ2v) is 9.64. The molecule has 0 spiro atoms. The number of benzene rings is 2. The summed E-state index contributed by atoms with van der Waals surface area (Å²) < 4.78 is 7.63. The molecule has 5 rings (SSSR count). The van der Waals surface area contributed by atoms with E-state index in [4.69, 9.17) is 9.72 Å². The zero-order valence-corrected chi connectivity index (χ0v) is 19.7. The third-order valence-electron chi connectivity index (χ3n) is 5.97. The highest BCUT2D eigenvalue weighted by atomic mass is 16.6. The van der Waals surface area contributed by atoms with Gasteiger partial charge in [-0.2, -0.15) is 0 Å². The summed E-state index contributed by atoms with van der Waals surface area (Å²) in [6.45, 7) is 6.79. The minimum atomic E-state index is -0.533. The Morgan fingerprint density at radius 1 is 0.971 bits per heavy atom. The van der Waals surface area contributed by atoms with E-state index in [1.165, 1.54) is 5.56 Å². The van der Waals surface area contributed by atoms with Gasteiger partial charge in [-0.05, 0) is 50.6 Å². The van der Waals surface area contributed by atoms with E-state index in [9.17, 15) is 4.79 Å². The number of rotatable bonds is 4. The summed E-state index contributed by atoms with van der Waals surface area (Å²) >= 11 is 0. The van der Waals surface area contributed by atoms with Crippen LogP contribution >= 0.6 is 0 Å². The maximum atomic E-state index is 12.8. The molecule has 0 bridgehead atoms. The van der Waals surface area contributed by atoms with Gasteiger partial charge < -0.3 is 15.0 Å². The van der Waals surface area contributed by atoms with Crippen LogP contribution in [0.3, 0.4) is 0 Å². The average Bonchev–Trinajstić information content (AvgIpc) is 3.43. The summed E-state index contributed by atoms with van der Waals surface area (Å²) in [5, 5.41) is 3.59.